The molecule has 0 radical (unpaired) electrons. The summed E-state index contributed by atoms with van der Waals surface area (Å²) >= 11 is 0. The van der Waals surface area contributed by atoms with Crippen LogP contribution in [0.15, 0.2) is 24.3 Å². The van der Waals surface area contributed by atoms with Gasteiger partial charge >= 0.3 is 0 Å². The van der Waals surface area contributed by atoms with Crippen LogP contribution in [0.4, 0.5) is 23.1 Å². The van der Waals surface area contributed by atoms with Gasteiger partial charge in [-0.15, -0.1) is 0 Å². The van der Waals surface area contributed by atoms with Gasteiger partial charge in [0, 0.05) is 39.1 Å². The predicted octanol–water partition coefficient (Wildman–Crippen LogP) is 0.597. The first-order valence-corrected chi connectivity index (χ1v) is 8.36. The minimum atomic E-state index is 0.169. The first kappa shape index (κ1) is 17.1. The van der Waals surface area contributed by atoms with Crippen molar-refractivity contribution in [3.05, 3.63) is 30.0 Å². The molecule has 1 aromatic heterocycles. The first-order chi connectivity index (χ1) is 12.1. The maximum atomic E-state index is 5.95. The van der Waals surface area contributed by atoms with E-state index >= 15 is 0 Å². The van der Waals surface area contributed by atoms with Crippen LogP contribution in [0.3, 0.4) is 0 Å². The van der Waals surface area contributed by atoms with Crippen LogP contribution >= 0.6 is 0 Å². The fraction of sp³-hybridized carbons (Fsp3) is 0.412. The smallest absolute Gasteiger partial charge is 0.222 e. The number of anilines is 4. The molecule has 1 fully saturated rings. The molecule has 0 spiro atoms. The van der Waals surface area contributed by atoms with Gasteiger partial charge in [-0.1, -0.05) is 12.1 Å². The fourth-order valence-corrected chi connectivity index (χ4v) is 3.11. The Balaban J connectivity index is 1.57. The highest BCUT2D eigenvalue weighted by atomic mass is 16.5. The average molecular weight is 343 g/mol. The molecule has 1 saturated heterocycles. The number of benzene rings is 1. The Morgan fingerprint density at radius 1 is 1.04 bits per heavy atom. The van der Waals surface area contributed by atoms with Crippen molar-refractivity contribution in [2.24, 2.45) is 0 Å². The number of nitrogens with zero attached hydrogens (tertiary/aromatic N) is 4. The zero-order valence-corrected chi connectivity index (χ0v) is 14.5. The molecule has 25 heavy (non-hydrogen) atoms. The van der Waals surface area contributed by atoms with E-state index in [0.717, 1.165) is 49.9 Å². The van der Waals surface area contributed by atoms with Crippen LogP contribution in [0.2, 0.25) is 0 Å². The summed E-state index contributed by atoms with van der Waals surface area (Å²) in [6, 6.07) is 8.12. The quantitative estimate of drug-likeness (QED) is 0.722. The maximum absolute atomic E-state index is 5.95. The Kier molecular flexibility index (Phi) is 5.08. The molecule has 0 bridgehead atoms. The molecule has 8 nitrogen and oxygen atoms in total. The lowest BCUT2D eigenvalue weighted by Crippen LogP contribution is -2.47. The van der Waals surface area contributed by atoms with Crippen LogP contribution < -0.4 is 26.8 Å². The Hall–Kier alpha value is -2.74. The molecular weight excluding hydrogens is 318 g/mol. The third-order valence-corrected chi connectivity index (χ3v) is 4.53. The van der Waals surface area contributed by atoms with Crippen molar-refractivity contribution in [2.75, 3.05) is 61.9 Å². The number of nitrogens with two attached hydrogens (primary N) is 3. The molecule has 2 heterocycles. The van der Waals surface area contributed by atoms with Gasteiger partial charge in [-0.05, 0) is 12.1 Å². The predicted molar refractivity (Wildman–Crippen MR) is 101 cm³/mol. The van der Waals surface area contributed by atoms with E-state index in [1.165, 1.54) is 0 Å². The van der Waals surface area contributed by atoms with Crippen LogP contribution in [-0.2, 0) is 6.42 Å². The Bertz CT molecular complexity index is 729. The van der Waals surface area contributed by atoms with Crippen molar-refractivity contribution < 1.29 is 4.74 Å². The Morgan fingerprint density at radius 2 is 1.76 bits per heavy atom. The van der Waals surface area contributed by atoms with Gasteiger partial charge in [0.1, 0.15) is 5.75 Å². The van der Waals surface area contributed by atoms with Crippen molar-refractivity contribution in [3.63, 3.8) is 0 Å². The number of methoxy groups -OCH3 is 1. The standard InChI is InChI=1S/C17H25N7O/c1-25-14-5-3-2-4-13(14)24-10-8-23(9-11-24)7-6-12-15(18)16(19)22-17(20)21-12/h2-5H,6-11,18H2,1H3,(H4,19,20,21,22). The van der Waals surface area contributed by atoms with E-state index in [0.29, 0.717) is 12.1 Å². The van der Waals surface area contributed by atoms with E-state index in [1.807, 2.05) is 18.2 Å². The lowest BCUT2D eigenvalue weighted by Gasteiger charge is -2.36. The summed E-state index contributed by atoms with van der Waals surface area (Å²) in [6.07, 6.45) is 0.706. The highest BCUT2D eigenvalue weighted by Crippen LogP contribution is 2.28. The second kappa shape index (κ2) is 7.43. The van der Waals surface area contributed by atoms with E-state index in [1.54, 1.807) is 7.11 Å². The van der Waals surface area contributed by atoms with Crippen LogP contribution in [-0.4, -0.2) is 54.7 Å². The van der Waals surface area contributed by atoms with Gasteiger partial charge in [-0.25, -0.2) is 4.98 Å². The summed E-state index contributed by atoms with van der Waals surface area (Å²) in [6.45, 7) is 4.69. The van der Waals surface area contributed by atoms with E-state index in [2.05, 4.69) is 25.8 Å². The molecule has 1 aromatic carbocycles. The summed E-state index contributed by atoms with van der Waals surface area (Å²) in [7, 11) is 1.71. The molecular formula is C17H25N7O. The average Bonchev–Trinajstić information content (AvgIpc) is 2.64. The number of nitrogen functional groups attached to an aromatic ring is 3. The van der Waals surface area contributed by atoms with Crippen LogP contribution in [0.25, 0.3) is 0 Å². The van der Waals surface area contributed by atoms with Crippen molar-refractivity contribution in [1.29, 1.82) is 0 Å². The van der Waals surface area contributed by atoms with E-state index in [4.69, 9.17) is 21.9 Å². The maximum Gasteiger partial charge on any atom is 0.222 e. The topological polar surface area (TPSA) is 120 Å². The fourth-order valence-electron chi connectivity index (χ4n) is 3.11. The molecule has 134 valence electrons. The summed E-state index contributed by atoms with van der Waals surface area (Å²) in [5.74, 6) is 1.34. The van der Waals surface area contributed by atoms with Crippen molar-refractivity contribution in [1.82, 2.24) is 14.9 Å². The van der Waals surface area contributed by atoms with Gasteiger partial charge in [0.2, 0.25) is 5.95 Å². The molecule has 1 aliphatic rings. The molecule has 0 unspecified atom stereocenters. The monoisotopic (exact) mass is 343 g/mol. The lowest BCUT2D eigenvalue weighted by molar-refractivity contribution is 0.259. The summed E-state index contributed by atoms with van der Waals surface area (Å²) in [5, 5.41) is 0. The number of hydrogen-bond donors (Lipinski definition) is 3. The second-order valence-corrected chi connectivity index (χ2v) is 6.08. The van der Waals surface area contributed by atoms with Gasteiger partial charge in [-0.3, -0.25) is 4.90 Å². The van der Waals surface area contributed by atoms with Crippen LogP contribution in [0.5, 0.6) is 5.75 Å². The van der Waals surface area contributed by atoms with Crippen LogP contribution in [0, 0.1) is 0 Å². The minimum Gasteiger partial charge on any atom is -0.495 e. The molecule has 0 saturated carbocycles. The largest absolute Gasteiger partial charge is 0.495 e. The molecule has 0 atom stereocenters. The zero-order valence-electron chi connectivity index (χ0n) is 14.5. The number of hydrogen-bond acceptors (Lipinski definition) is 8. The van der Waals surface area contributed by atoms with E-state index in [-0.39, 0.29) is 11.8 Å². The third-order valence-electron chi connectivity index (χ3n) is 4.53. The lowest BCUT2D eigenvalue weighted by atomic mass is 10.2. The Labute approximate surface area is 147 Å². The van der Waals surface area contributed by atoms with Gasteiger partial charge in [0.15, 0.2) is 5.82 Å². The molecule has 3 rings (SSSR count). The van der Waals surface area contributed by atoms with Gasteiger partial charge < -0.3 is 26.8 Å². The highest BCUT2D eigenvalue weighted by Gasteiger charge is 2.20. The van der Waals surface area contributed by atoms with Crippen LogP contribution in [0.1, 0.15) is 5.69 Å². The number of para-hydroxylation sites is 2. The van der Waals surface area contributed by atoms with Gasteiger partial charge in [-0.2, -0.15) is 4.98 Å². The second-order valence-electron chi connectivity index (χ2n) is 6.08. The van der Waals surface area contributed by atoms with Gasteiger partial charge in [0.05, 0.1) is 24.2 Å². The summed E-state index contributed by atoms with van der Waals surface area (Å²) in [4.78, 5) is 12.8. The first-order valence-electron chi connectivity index (χ1n) is 8.36. The molecule has 6 N–H and O–H groups in total. The normalized spacial score (nSPS) is 15.3. The highest BCUT2D eigenvalue weighted by molar-refractivity contribution is 5.62. The number of ether oxygens (including phenoxy) is 1. The Morgan fingerprint density at radius 3 is 2.48 bits per heavy atom. The summed E-state index contributed by atoms with van der Waals surface area (Å²) in [5.41, 5.74) is 19.7. The molecule has 1 aliphatic heterocycles. The number of aromatic nitrogens is 2. The molecule has 0 amide bonds. The van der Waals surface area contributed by atoms with Crippen molar-refractivity contribution >= 4 is 23.1 Å². The zero-order chi connectivity index (χ0) is 17.8. The number of rotatable bonds is 5. The minimum absolute atomic E-state index is 0.169. The number of piperazine rings is 1. The van der Waals surface area contributed by atoms with Crippen molar-refractivity contribution in [2.45, 2.75) is 6.42 Å². The SMILES string of the molecule is COc1ccccc1N1CCN(CCc2nc(N)nc(N)c2N)CC1. The van der Waals surface area contributed by atoms with E-state index < -0.39 is 0 Å². The molecule has 0 aliphatic carbocycles. The summed E-state index contributed by atoms with van der Waals surface area (Å²) < 4.78 is 5.46. The molecule has 8 heteroatoms. The third kappa shape index (κ3) is 3.85. The van der Waals surface area contributed by atoms with E-state index in [9.17, 15) is 0 Å². The molecule has 2 aromatic rings. The van der Waals surface area contributed by atoms with Gasteiger partial charge in [0.25, 0.3) is 0 Å². The van der Waals surface area contributed by atoms with Crippen molar-refractivity contribution in [3.8, 4) is 5.75 Å².